The summed E-state index contributed by atoms with van der Waals surface area (Å²) >= 11 is 0. The molecule has 0 aliphatic rings. The molecule has 0 N–H and O–H groups in total. The van der Waals surface area contributed by atoms with Crippen LogP contribution in [0.1, 0.15) is 11.1 Å². The van der Waals surface area contributed by atoms with Crippen molar-refractivity contribution in [3.8, 4) is 0 Å². The Morgan fingerprint density at radius 2 is 1.41 bits per heavy atom. The molecule has 0 heterocycles. The molecular weight excluding hydrogens is 493 g/mol. The zero-order valence-electron chi connectivity index (χ0n) is 21.4. The zero-order valence-corrected chi connectivity index (χ0v) is 22.3. The largest absolute Gasteiger partial charge is 0.756 e. The molecule has 10 nitrogen and oxygen atoms in total. The van der Waals surface area contributed by atoms with Crippen LogP contribution < -0.4 is 9.79 Å². The number of anilines is 1. The monoisotopic (exact) mass is 524 g/mol. The molecule has 11 heteroatoms. The second-order valence-electron chi connectivity index (χ2n) is 8.12. The molecule has 0 aliphatic carbocycles. The van der Waals surface area contributed by atoms with Crippen LogP contribution in [0, 0.1) is 13.8 Å². The molecule has 3 aromatic rings. The van der Waals surface area contributed by atoms with Crippen LogP contribution in [0.2, 0.25) is 0 Å². The number of rotatable bonds is 13. The Balaban J connectivity index is 1.65. The molecule has 0 amide bonds. The fourth-order valence-electron chi connectivity index (χ4n) is 3.33. The quantitative estimate of drug-likeness (QED) is 0.181. The number of phosphoric acid groups is 1. The number of methoxy groups -OCH3 is 1. The number of nitrogens with zero attached hydrogens (tertiary/aromatic N) is 5. The standard InChI is InChI=1S/C26H32N5O5P/c1-20-7-5-6-8-25(20)29-28-23-11-14-26(21(2)19-23)30-27-22-9-12-24(13-10-22)31(15-17-34-3)16-18-36-37(32,33)35-4/h5-14,19H,15-18H2,1-4H3,(H,32,33)/p-1. The van der Waals surface area contributed by atoms with Crippen molar-refractivity contribution >= 4 is 36.3 Å². The van der Waals surface area contributed by atoms with E-state index >= 15 is 0 Å². The van der Waals surface area contributed by atoms with Gasteiger partial charge in [-0.15, -0.1) is 0 Å². The molecular formula is C26H31N5O5P-. The predicted molar refractivity (Wildman–Crippen MR) is 142 cm³/mol. The topological polar surface area (TPSA) is 120 Å². The van der Waals surface area contributed by atoms with Crippen LogP contribution in [0.3, 0.4) is 0 Å². The average Bonchev–Trinajstić information content (AvgIpc) is 2.90. The molecule has 0 fully saturated rings. The number of phosphoric ester groups is 1. The van der Waals surface area contributed by atoms with Crippen LogP contribution in [0.5, 0.6) is 0 Å². The Bertz CT molecular complexity index is 1270. The van der Waals surface area contributed by atoms with Gasteiger partial charge in [0, 0.05) is 33.0 Å². The van der Waals surface area contributed by atoms with Gasteiger partial charge in [-0.25, -0.2) is 0 Å². The first-order chi connectivity index (χ1) is 17.8. The van der Waals surface area contributed by atoms with Gasteiger partial charge < -0.3 is 23.6 Å². The highest BCUT2D eigenvalue weighted by Crippen LogP contribution is 2.36. The second-order valence-corrected chi connectivity index (χ2v) is 9.63. The molecule has 0 radical (unpaired) electrons. The Kier molecular flexibility index (Phi) is 10.6. The third kappa shape index (κ3) is 8.96. The van der Waals surface area contributed by atoms with Gasteiger partial charge in [0.15, 0.2) is 0 Å². The van der Waals surface area contributed by atoms with Gasteiger partial charge in [0.1, 0.15) is 0 Å². The van der Waals surface area contributed by atoms with E-state index in [9.17, 15) is 9.46 Å². The highest BCUT2D eigenvalue weighted by molar-refractivity contribution is 7.45. The molecule has 0 aromatic heterocycles. The van der Waals surface area contributed by atoms with Gasteiger partial charge in [-0.1, -0.05) is 18.2 Å². The molecule has 0 bridgehead atoms. The van der Waals surface area contributed by atoms with Crippen molar-refractivity contribution in [2.45, 2.75) is 13.8 Å². The average molecular weight is 525 g/mol. The van der Waals surface area contributed by atoms with E-state index in [4.69, 9.17) is 9.26 Å². The number of ether oxygens (including phenoxy) is 1. The zero-order chi connectivity index (χ0) is 26.7. The lowest BCUT2D eigenvalue weighted by Crippen LogP contribution is -2.31. The van der Waals surface area contributed by atoms with Crippen molar-refractivity contribution in [3.05, 3.63) is 77.9 Å². The SMILES string of the molecule is COCCN(CCOP(=O)([O-])OC)c1ccc(N=Nc2ccc(N=Nc3ccccc3C)cc2C)cc1. The lowest BCUT2D eigenvalue weighted by molar-refractivity contribution is -0.222. The summed E-state index contributed by atoms with van der Waals surface area (Å²) in [5, 5.41) is 17.4. The van der Waals surface area contributed by atoms with Gasteiger partial charge in [0.25, 0.3) is 7.82 Å². The van der Waals surface area contributed by atoms with E-state index in [0.717, 1.165) is 41.0 Å². The van der Waals surface area contributed by atoms with Crippen LogP contribution >= 0.6 is 7.82 Å². The number of hydrogen-bond donors (Lipinski definition) is 0. The van der Waals surface area contributed by atoms with Gasteiger partial charge in [0.2, 0.25) is 0 Å². The van der Waals surface area contributed by atoms with E-state index in [-0.39, 0.29) is 6.61 Å². The highest BCUT2D eigenvalue weighted by atomic mass is 31.2. The van der Waals surface area contributed by atoms with E-state index in [2.05, 4.69) is 25.0 Å². The molecule has 0 saturated carbocycles. The Hall–Kier alpha value is -3.27. The summed E-state index contributed by atoms with van der Waals surface area (Å²) in [4.78, 5) is 13.4. The molecule has 0 spiro atoms. The predicted octanol–water partition coefficient (Wildman–Crippen LogP) is 6.72. The van der Waals surface area contributed by atoms with Gasteiger partial charge >= 0.3 is 0 Å². The Labute approximate surface area is 217 Å². The fraction of sp³-hybridized carbons (Fsp3) is 0.308. The lowest BCUT2D eigenvalue weighted by atomic mass is 10.2. The minimum Gasteiger partial charge on any atom is -0.756 e. The van der Waals surface area contributed by atoms with Crippen LogP contribution in [0.25, 0.3) is 0 Å². The van der Waals surface area contributed by atoms with Crippen molar-refractivity contribution in [2.75, 3.05) is 45.4 Å². The summed E-state index contributed by atoms with van der Waals surface area (Å²) in [6.07, 6.45) is 0. The number of azo groups is 2. The van der Waals surface area contributed by atoms with E-state index in [1.165, 1.54) is 0 Å². The molecule has 3 aromatic carbocycles. The van der Waals surface area contributed by atoms with Gasteiger partial charge in [0.05, 0.1) is 36.0 Å². The van der Waals surface area contributed by atoms with E-state index in [1.54, 1.807) is 7.11 Å². The lowest BCUT2D eigenvalue weighted by Gasteiger charge is -2.26. The summed E-state index contributed by atoms with van der Waals surface area (Å²) in [5.41, 5.74) is 5.85. The van der Waals surface area contributed by atoms with Crippen molar-refractivity contribution < 1.29 is 23.2 Å². The van der Waals surface area contributed by atoms with Crippen molar-refractivity contribution in [3.63, 3.8) is 0 Å². The van der Waals surface area contributed by atoms with Crippen LogP contribution in [0.4, 0.5) is 28.4 Å². The Morgan fingerprint density at radius 1 is 0.784 bits per heavy atom. The molecule has 1 unspecified atom stereocenters. The van der Waals surface area contributed by atoms with Crippen LogP contribution in [-0.2, 0) is 18.3 Å². The normalized spacial score (nSPS) is 13.3. The van der Waals surface area contributed by atoms with Gasteiger partial charge in [-0.3, -0.25) is 4.57 Å². The van der Waals surface area contributed by atoms with Gasteiger partial charge in [-0.05, 0) is 73.5 Å². The van der Waals surface area contributed by atoms with Crippen LogP contribution in [-0.4, -0.2) is 40.5 Å². The summed E-state index contributed by atoms with van der Waals surface area (Å²) in [6.45, 7) is 5.28. The molecule has 37 heavy (non-hydrogen) atoms. The molecule has 3 rings (SSSR count). The van der Waals surface area contributed by atoms with Crippen molar-refractivity contribution in [2.24, 2.45) is 20.5 Å². The van der Waals surface area contributed by atoms with Crippen molar-refractivity contribution in [1.82, 2.24) is 0 Å². The summed E-state index contributed by atoms with van der Waals surface area (Å²) in [6, 6.07) is 20.9. The first kappa shape index (κ1) is 28.3. The number of benzene rings is 3. The van der Waals surface area contributed by atoms with E-state index in [1.807, 2.05) is 85.5 Å². The maximum absolute atomic E-state index is 11.4. The number of hydrogen-bond acceptors (Lipinski definition) is 10. The van der Waals surface area contributed by atoms with Crippen molar-refractivity contribution in [1.29, 1.82) is 0 Å². The molecule has 1 atom stereocenters. The minimum absolute atomic E-state index is 0.0421. The first-order valence-electron chi connectivity index (χ1n) is 11.7. The van der Waals surface area contributed by atoms with Crippen LogP contribution in [0.15, 0.2) is 87.2 Å². The molecule has 0 saturated heterocycles. The molecule has 196 valence electrons. The van der Waals surface area contributed by atoms with E-state index in [0.29, 0.717) is 25.4 Å². The third-order valence-corrected chi connectivity index (χ3v) is 6.40. The minimum atomic E-state index is -4.27. The molecule has 0 aliphatic heterocycles. The Morgan fingerprint density at radius 3 is 2.05 bits per heavy atom. The summed E-state index contributed by atoms with van der Waals surface area (Å²) in [7, 11) is -1.59. The maximum atomic E-state index is 11.4. The fourth-order valence-corrected chi connectivity index (χ4v) is 3.74. The maximum Gasteiger partial charge on any atom is 0.267 e. The number of aryl methyl sites for hydroxylation is 2. The first-order valence-corrected chi connectivity index (χ1v) is 13.1. The third-order valence-electron chi connectivity index (χ3n) is 5.46. The van der Waals surface area contributed by atoms with Gasteiger partial charge in [-0.2, -0.15) is 20.5 Å². The van der Waals surface area contributed by atoms with E-state index < -0.39 is 7.82 Å². The summed E-state index contributed by atoms with van der Waals surface area (Å²) < 4.78 is 25.8. The highest BCUT2D eigenvalue weighted by Gasteiger charge is 2.10. The smallest absolute Gasteiger partial charge is 0.267 e. The summed E-state index contributed by atoms with van der Waals surface area (Å²) in [5.74, 6) is 0. The second kappa shape index (κ2) is 13.9.